The highest BCUT2D eigenvalue weighted by Gasteiger charge is 2.12. The summed E-state index contributed by atoms with van der Waals surface area (Å²) in [5, 5.41) is 17.6. The van der Waals surface area contributed by atoms with Crippen molar-refractivity contribution >= 4 is 28.5 Å². The fourth-order valence-corrected chi connectivity index (χ4v) is 2.00. The molecule has 1 N–H and O–H groups in total. The molecule has 0 atom stereocenters. The van der Waals surface area contributed by atoms with E-state index in [4.69, 9.17) is 16.7 Å². The first kappa shape index (κ1) is 11.6. The van der Waals surface area contributed by atoms with Crippen LogP contribution in [0.3, 0.4) is 0 Å². The number of aromatic carboxylic acids is 1. The van der Waals surface area contributed by atoms with Gasteiger partial charge in [0.15, 0.2) is 5.69 Å². The molecule has 3 rings (SSSR count). The van der Waals surface area contributed by atoms with Gasteiger partial charge in [0, 0.05) is 11.6 Å². The zero-order valence-electron chi connectivity index (χ0n) is 9.49. The number of aromatic nitrogens is 4. The normalized spacial score (nSPS) is 10.8. The van der Waals surface area contributed by atoms with Gasteiger partial charge < -0.3 is 5.11 Å². The van der Waals surface area contributed by atoms with Gasteiger partial charge in [-0.2, -0.15) is 0 Å². The first-order valence-electron chi connectivity index (χ1n) is 5.36. The first-order valence-corrected chi connectivity index (χ1v) is 5.74. The second kappa shape index (κ2) is 4.33. The molecule has 0 unspecified atom stereocenters. The van der Waals surface area contributed by atoms with Crippen LogP contribution in [0, 0.1) is 0 Å². The van der Waals surface area contributed by atoms with E-state index < -0.39 is 5.97 Å². The molecule has 0 saturated heterocycles. The minimum atomic E-state index is -1.13. The van der Waals surface area contributed by atoms with E-state index in [9.17, 15) is 4.79 Å². The van der Waals surface area contributed by atoms with E-state index in [1.54, 1.807) is 24.4 Å². The van der Waals surface area contributed by atoms with Crippen LogP contribution < -0.4 is 0 Å². The minimum Gasteiger partial charge on any atom is -0.476 e. The van der Waals surface area contributed by atoms with Gasteiger partial charge in [0.1, 0.15) is 0 Å². The third-order valence-electron chi connectivity index (χ3n) is 2.65. The molecule has 7 heteroatoms. The molecule has 2 aromatic heterocycles. The van der Waals surface area contributed by atoms with Gasteiger partial charge in [-0.3, -0.25) is 4.98 Å². The standard InChI is InChI=1S/C12H7ClN4O2/c13-8-3-4-10(11-7(8)2-1-5-14-11)17-6-9(12(18)19)15-16-17/h1-6H,(H,18,19). The Morgan fingerprint density at radius 2 is 2.16 bits per heavy atom. The highest BCUT2D eigenvalue weighted by Crippen LogP contribution is 2.26. The van der Waals surface area contributed by atoms with Crippen molar-refractivity contribution < 1.29 is 9.90 Å². The number of benzene rings is 1. The smallest absolute Gasteiger partial charge is 0.358 e. The molecule has 1 aromatic carbocycles. The summed E-state index contributed by atoms with van der Waals surface area (Å²) >= 11 is 6.09. The quantitative estimate of drug-likeness (QED) is 0.774. The maximum absolute atomic E-state index is 10.8. The van der Waals surface area contributed by atoms with Crippen molar-refractivity contribution in [2.45, 2.75) is 0 Å². The van der Waals surface area contributed by atoms with Crippen molar-refractivity contribution in [3.63, 3.8) is 0 Å². The number of carboxylic acid groups (broad SMARTS) is 1. The number of hydrogen-bond donors (Lipinski definition) is 1. The van der Waals surface area contributed by atoms with Gasteiger partial charge in [0.05, 0.1) is 22.4 Å². The third kappa shape index (κ3) is 1.92. The molecular weight excluding hydrogens is 268 g/mol. The van der Waals surface area contributed by atoms with E-state index in [0.717, 1.165) is 5.39 Å². The molecular formula is C12H7ClN4O2. The summed E-state index contributed by atoms with van der Waals surface area (Å²) < 4.78 is 1.37. The van der Waals surface area contributed by atoms with E-state index in [1.807, 2.05) is 6.07 Å². The fourth-order valence-electron chi connectivity index (χ4n) is 1.79. The Hall–Kier alpha value is -2.47. The lowest BCUT2D eigenvalue weighted by atomic mass is 10.2. The number of pyridine rings is 1. The summed E-state index contributed by atoms with van der Waals surface area (Å²) in [6, 6.07) is 7.05. The third-order valence-corrected chi connectivity index (χ3v) is 2.98. The van der Waals surface area contributed by atoms with Crippen LogP contribution in [0.5, 0.6) is 0 Å². The van der Waals surface area contributed by atoms with Gasteiger partial charge in [-0.05, 0) is 24.3 Å². The average molecular weight is 275 g/mol. The lowest BCUT2D eigenvalue weighted by molar-refractivity contribution is 0.0690. The lowest BCUT2D eigenvalue weighted by Crippen LogP contribution is -1.98. The number of hydrogen-bond acceptors (Lipinski definition) is 4. The number of rotatable bonds is 2. The largest absolute Gasteiger partial charge is 0.476 e. The van der Waals surface area contributed by atoms with Gasteiger partial charge in [0.2, 0.25) is 0 Å². The van der Waals surface area contributed by atoms with E-state index in [1.165, 1.54) is 10.9 Å². The van der Waals surface area contributed by atoms with Gasteiger partial charge in [-0.15, -0.1) is 5.10 Å². The summed E-state index contributed by atoms with van der Waals surface area (Å²) in [4.78, 5) is 15.1. The molecule has 0 aliphatic carbocycles. The van der Waals surface area contributed by atoms with Crippen LogP contribution in [0.4, 0.5) is 0 Å². The van der Waals surface area contributed by atoms with Gasteiger partial charge >= 0.3 is 5.97 Å². The van der Waals surface area contributed by atoms with Crippen LogP contribution in [0.1, 0.15) is 10.5 Å². The van der Waals surface area contributed by atoms with Crippen LogP contribution in [0.25, 0.3) is 16.6 Å². The average Bonchev–Trinajstić information content (AvgIpc) is 2.89. The van der Waals surface area contributed by atoms with E-state index in [0.29, 0.717) is 16.2 Å². The molecule has 94 valence electrons. The van der Waals surface area contributed by atoms with Crippen LogP contribution >= 0.6 is 11.6 Å². The molecule has 0 radical (unpaired) electrons. The van der Waals surface area contributed by atoms with Crippen LogP contribution in [-0.4, -0.2) is 31.1 Å². The Bertz CT molecular complexity index is 784. The second-order valence-corrected chi connectivity index (χ2v) is 4.23. The number of halogens is 1. The lowest BCUT2D eigenvalue weighted by Gasteiger charge is -2.05. The molecule has 0 bridgehead atoms. The van der Waals surface area contributed by atoms with E-state index >= 15 is 0 Å². The summed E-state index contributed by atoms with van der Waals surface area (Å²) in [6.07, 6.45) is 2.97. The van der Waals surface area contributed by atoms with Crippen molar-refractivity contribution in [3.8, 4) is 5.69 Å². The topological polar surface area (TPSA) is 80.9 Å². The molecule has 6 nitrogen and oxygen atoms in total. The number of carboxylic acids is 1. The zero-order valence-corrected chi connectivity index (χ0v) is 10.2. The molecule has 0 aliphatic heterocycles. The monoisotopic (exact) mass is 274 g/mol. The van der Waals surface area contributed by atoms with Crippen molar-refractivity contribution in [1.82, 2.24) is 20.0 Å². The molecule has 0 saturated carbocycles. The Balaban J connectivity index is 2.24. The highest BCUT2D eigenvalue weighted by molar-refractivity contribution is 6.35. The maximum atomic E-state index is 10.8. The molecule has 2 heterocycles. The minimum absolute atomic E-state index is 0.126. The van der Waals surface area contributed by atoms with Crippen LogP contribution in [-0.2, 0) is 0 Å². The van der Waals surface area contributed by atoms with E-state index in [-0.39, 0.29) is 5.69 Å². The molecule has 0 aliphatic rings. The maximum Gasteiger partial charge on any atom is 0.358 e. The first-order chi connectivity index (χ1) is 9.16. The number of fused-ring (bicyclic) bond motifs is 1. The molecule has 0 amide bonds. The highest BCUT2D eigenvalue weighted by atomic mass is 35.5. The van der Waals surface area contributed by atoms with E-state index in [2.05, 4.69) is 15.3 Å². The van der Waals surface area contributed by atoms with Crippen LogP contribution in [0.2, 0.25) is 5.02 Å². The summed E-state index contributed by atoms with van der Waals surface area (Å²) in [6.45, 7) is 0. The number of nitrogens with zero attached hydrogens (tertiary/aromatic N) is 4. The van der Waals surface area contributed by atoms with Crippen molar-refractivity contribution in [2.24, 2.45) is 0 Å². The second-order valence-electron chi connectivity index (χ2n) is 3.82. The van der Waals surface area contributed by atoms with Gasteiger partial charge in [-0.25, -0.2) is 9.48 Å². The SMILES string of the molecule is O=C(O)c1cn(-c2ccc(Cl)c3cccnc23)nn1. The molecule has 3 aromatic rings. The Kier molecular flexibility index (Phi) is 2.64. The number of carbonyl (C=O) groups is 1. The van der Waals surface area contributed by atoms with Gasteiger partial charge in [-0.1, -0.05) is 16.8 Å². The summed E-state index contributed by atoms with van der Waals surface area (Å²) in [7, 11) is 0. The van der Waals surface area contributed by atoms with Gasteiger partial charge in [0.25, 0.3) is 0 Å². The summed E-state index contributed by atoms with van der Waals surface area (Å²) in [5.74, 6) is -1.13. The van der Waals surface area contributed by atoms with Crippen molar-refractivity contribution in [1.29, 1.82) is 0 Å². The zero-order chi connectivity index (χ0) is 13.4. The van der Waals surface area contributed by atoms with Crippen LogP contribution in [0.15, 0.2) is 36.7 Å². The summed E-state index contributed by atoms with van der Waals surface area (Å²) in [5.41, 5.74) is 1.14. The van der Waals surface area contributed by atoms with Crippen molar-refractivity contribution in [2.75, 3.05) is 0 Å². The Labute approximate surface area is 112 Å². The van der Waals surface area contributed by atoms with Crippen molar-refractivity contribution in [3.05, 3.63) is 47.4 Å². The Morgan fingerprint density at radius 1 is 1.32 bits per heavy atom. The molecule has 19 heavy (non-hydrogen) atoms. The fraction of sp³-hybridized carbons (Fsp3) is 0. The predicted octanol–water partition coefficient (Wildman–Crippen LogP) is 2.17. The molecule has 0 fully saturated rings. The Morgan fingerprint density at radius 3 is 2.89 bits per heavy atom. The predicted molar refractivity (Wildman–Crippen MR) is 68.6 cm³/mol. The molecule has 0 spiro atoms.